The molecule has 0 aliphatic carbocycles. The van der Waals surface area contributed by atoms with Crippen molar-refractivity contribution in [3.8, 4) is 0 Å². The predicted octanol–water partition coefficient (Wildman–Crippen LogP) is -0.0738. The van der Waals surface area contributed by atoms with Crippen LogP contribution in [0.2, 0.25) is 0 Å². The number of amidine groups is 1. The molecule has 0 radical (unpaired) electrons. The molecule has 1 fully saturated rings. The predicted molar refractivity (Wildman–Crippen MR) is 60.6 cm³/mol. The number of hydrogen-bond acceptors (Lipinski definition) is 5. The summed E-state index contributed by atoms with van der Waals surface area (Å²) in [6.45, 7) is 3.84. The van der Waals surface area contributed by atoms with Gasteiger partial charge >= 0.3 is 0 Å². The molecule has 1 atom stereocenters. The van der Waals surface area contributed by atoms with Gasteiger partial charge in [0, 0.05) is 6.54 Å². The van der Waals surface area contributed by atoms with Crippen molar-refractivity contribution < 1.29 is 4.74 Å². The molecule has 0 amide bonds. The molecule has 1 saturated heterocycles. The summed E-state index contributed by atoms with van der Waals surface area (Å²) in [7, 11) is 0. The van der Waals surface area contributed by atoms with Crippen molar-refractivity contribution in [3.63, 3.8) is 0 Å². The van der Waals surface area contributed by atoms with E-state index in [1.54, 1.807) is 6.20 Å². The summed E-state index contributed by atoms with van der Waals surface area (Å²) in [5.41, 5.74) is 6.50. The molecule has 1 unspecified atom stereocenters. The molecule has 86 valence electrons. The van der Waals surface area contributed by atoms with Crippen LogP contribution in [-0.2, 0) is 4.74 Å². The van der Waals surface area contributed by atoms with Gasteiger partial charge in [0.05, 0.1) is 19.3 Å². The van der Waals surface area contributed by atoms with Crippen molar-refractivity contribution in [1.29, 1.82) is 5.41 Å². The third kappa shape index (κ3) is 2.27. The highest BCUT2D eigenvalue weighted by molar-refractivity contribution is 5.82. The van der Waals surface area contributed by atoms with Gasteiger partial charge in [-0.25, -0.2) is 0 Å². The van der Waals surface area contributed by atoms with Crippen LogP contribution in [0.1, 0.15) is 5.56 Å². The lowest BCUT2D eigenvalue weighted by molar-refractivity contribution is 0.0822. The summed E-state index contributed by atoms with van der Waals surface area (Å²) in [4.78, 5) is 2.04. The normalized spacial score (nSPS) is 20.8. The van der Waals surface area contributed by atoms with Gasteiger partial charge in [-0.1, -0.05) is 0 Å². The van der Waals surface area contributed by atoms with E-state index in [1.807, 2.05) is 17.9 Å². The van der Waals surface area contributed by atoms with Crippen molar-refractivity contribution in [2.45, 2.75) is 13.0 Å². The van der Waals surface area contributed by atoms with Crippen LogP contribution in [0.4, 0.5) is 5.82 Å². The van der Waals surface area contributed by atoms with E-state index in [0.29, 0.717) is 13.2 Å². The summed E-state index contributed by atoms with van der Waals surface area (Å²) in [5, 5.41) is 15.4. The van der Waals surface area contributed by atoms with E-state index < -0.39 is 0 Å². The fourth-order valence-corrected chi connectivity index (χ4v) is 1.65. The lowest BCUT2D eigenvalue weighted by atomic mass is 10.2. The third-order valence-electron chi connectivity index (χ3n) is 2.52. The molecule has 16 heavy (non-hydrogen) atoms. The summed E-state index contributed by atoms with van der Waals surface area (Å²) in [5.74, 6) is 0.875. The minimum absolute atomic E-state index is 0.0605. The summed E-state index contributed by atoms with van der Waals surface area (Å²) >= 11 is 0. The minimum atomic E-state index is -0.337. The van der Waals surface area contributed by atoms with E-state index in [9.17, 15) is 0 Å². The van der Waals surface area contributed by atoms with Gasteiger partial charge in [-0.2, -0.15) is 5.10 Å². The van der Waals surface area contributed by atoms with E-state index in [2.05, 4.69) is 10.2 Å². The van der Waals surface area contributed by atoms with Gasteiger partial charge in [-0.15, -0.1) is 5.10 Å². The third-order valence-corrected chi connectivity index (χ3v) is 2.52. The van der Waals surface area contributed by atoms with Crippen molar-refractivity contribution in [3.05, 3.63) is 17.8 Å². The van der Waals surface area contributed by atoms with E-state index in [1.165, 1.54) is 0 Å². The standard InChI is InChI=1S/C10H15N5O/c1-7-4-9(14-13-5-7)15-2-3-16-8(6-15)10(11)12/h4-5,8H,2-3,6H2,1H3,(H3,11,12). The Kier molecular flexibility index (Phi) is 3.00. The van der Waals surface area contributed by atoms with Crippen molar-refractivity contribution >= 4 is 11.7 Å². The average Bonchev–Trinajstić information content (AvgIpc) is 2.29. The van der Waals surface area contributed by atoms with Crippen LogP contribution in [0.5, 0.6) is 0 Å². The summed E-state index contributed by atoms with van der Waals surface area (Å²) in [6, 6.07) is 1.97. The number of hydrogen-bond donors (Lipinski definition) is 2. The van der Waals surface area contributed by atoms with Crippen LogP contribution in [0.15, 0.2) is 12.3 Å². The molecule has 0 aromatic carbocycles. The quantitative estimate of drug-likeness (QED) is 0.539. The Morgan fingerprint density at radius 3 is 3.19 bits per heavy atom. The monoisotopic (exact) mass is 221 g/mol. The van der Waals surface area contributed by atoms with Crippen LogP contribution in [-0.4, -0.2) is 41.8 Å². The maximum absolute atomic E-state index is 7.37. The zero-order chi connectivity index (χ0) is 11.5. The van der Waals surface area contributed by atoms with Crippen molar-refractivity contribution in [1.82, 2.24) is 10.2 Å². The first-order valence-corrected chi connectivity index (χ1v) is 5.16. The molecular weight excluding hydrogens is 206 g/mol. The van der Waals surface area contributed by atoms with Crippen LogP contribution in [0, 0.1) is 12.3 Å². The molecule has 1 aromatic heterocycles. The number of aryl methyl sites for hydroxylation is 1. The Morgan fingerprint density at radius 1 is 1.69 bits per heavy atom. The summed E-state index contributed by atoms with van der Waals surface area (Å²) in [6.07, 6.45) is 1.38. The average molecular weight is 221 g/mol. The van der Waals surface area contributed by atoms with Gasteiger partial charge in [0.2, 0.25) is 0 Å². The van der Waals surface area contributed by atoms with Crippen LogP contribution >= 0.6 is 0 Å². The van der Waals surface area contributed by atoms with E-state index >= 15 is 0 Å². The van der Waals surface area contributed by atoms with Crippen LogP contribution in [0.25, 0.3) is 0 Å². The number of morpholine rings is 1. The van der Waals surface area contributed by atoms with E-state index in [0.717, 1.165) is 17.9 Å². The van der Waals surface area contributed by atoms with Gasteiger partial charge < -0.3 is 15.4 Å². The maximum atomic E-state index is 7.37. The van der Waals surface area contributed by atoms with Crippen molar-refractivity contribution in [2.24, 2.45) is 5.73 Å². The fourth-order valence-electron chi connectivity index (χ4n) is 1.65. The van der Waals surface area contributed by atoms with Crippen LogP contribution < -0.4 is 10.6 Å². The first-order chi connectivity index (χ1) is 7.66. The second-order valence-electron chi connectivity index (χ2n) is 3.85. The number of rotatable bonds is 2. The smallest absolute Gasteiger partial charge is 0.151 e. The van der Waals surface area contributed by atoms with Crippen molar-refractivity contribution in [2.75, 3.05) is 24.6 Å². The maximum Gasteiger partial charge on any atom is 0.151 e. The molecule has 2 heterocycles. The molecule has 6 nitrogen and oxygen atoms in total. The number of aromatic nitrogens is 2. The first-order valence-electron chi connectivity index (χ1n) is 5.16. The second-order valence-corrected chi connectivity index (χ2v) is 3.85. The Hall–Kier alpha value is -1.69. The molecule has 1 aliphatic rings. The fraction of sp³-hybridized carbons (Fsp3) is 0.500. The number of ether oxygens (including phenoxy) is 1. The molecule has 0 spiro atoms. The van der Waals surface area contributed by atoms with Gasteiger partial charge in [-0.3, -0.25) is 5.41 Å². The number of nitrogens with two attached hydrogens (primary N) is 1. The zero-order valence-electron chi connectivity index (χ0n) is 9.18. The minimum Gasteiger partial charge on any atom is -0.385 e. The molecule has 2 rings (SSSR count). The molecule has 0 saturated carbocycles. The summed E-state index contributed by atoms with van der Waals surface area (Å²) < 4.78 is 5.38. The largest absolute Gasteiger partial charge is 0.385 e. The topological polar surface area (TPSA) is 88.1 Å². The van der Waals surface area contributed by atoms with Gasteiger partial charge in [0.1, 0.15) is 11.9 Å². The van der Waals surface area contributed by atoms with E-state index in [-0.39, 0.29) is 11.9 Å². The Bertz CT molecular complexity index is 395. The molecule has 1 aromatic rings. The lowest BCUT2D eigenvalue weighted by Gasteiger charge is -2.32. The van der Waals surface area contributed by atoms with Gasteiger partial charge in [0.15, 0.2) is 5.82 Å². The molecule has 1 aliphatic heterocycles. The lowest BCUT2D eigenvalue weighted by Crippen LogP contribution is -2.48. The molecule has 3 N–H and O–H groups in total. The second kappa shape index (κ2) is 4.44. The van der Waals surface area contributed by atoms with E-state index in [4.69, 9.17) is 15.9 Å². The molecular formula is C10H15N5O. The highest BCUT2D eigenvalue weighted by Gasteiger charge is 2.23. The van der Waals surface area contributed by atoms with Crippen LogP contribution in [0.3, 0.4) is 0 Å². The highest BCUT2D eigenvalue weighted by Crippen LogP contribution is 2.15. The molecule has 0 bridgehead atoms. The Balaban J connectivity index is 2.12. The SMILES string of the molecule is Cc1cnnc(N2CCOC(C(=N)N)C2)c1. The van der Waals surface area contributed by atoms with Gasteiger partial charge in [0.25, 0.3) is 0 Å². The number of anilines is 1. The highest BCUT2D eigenvalue weighted by atomic mass is 16.5. The molecule has 6 heteroatoms. The van der Waals surface area contributed by atoms with Gasteiger partial charge in [-0.05, 0) is 18.6 Å². The first kappa shape index (κ1) is 10.8. The number of nitrogens with zero attached hydrogens (tertiary/aromatic N) is 3. The Labute approximate surface area is 93.9 Å². The Morgan fingerprint density at radius 2 is 2.50 bits per heavy atom. The zero-order valence-corrected chi connectivity index (χ0v) is 9.18. The number of nitrogens with one attached hydrogen (secondary N) is 1.